The highest BCUT2D eigenvalue weighted by molar-refractivity contribution is 5.26. The van der Waals surface area contributed by atoms with Crippen molar-refractivity contribution in [3.63, 3.8) is 0 Å². The highest BCUT2D eigenvalue weighted by Crippen LogP contribution is 2.21. The normalized spacial score (nSPS) is 12.5. The Bertz CT molecular complexity index is 578. The number of hydrogen-bond acceptors (Lipinski definition) is 1. The lowest BCUT2D eigenvalue weighted by atomic mass is 9.99. The van der Waals surface area contributed by atoms with E-state index in [0.717, 1.165) is 36.4 Å². The van der Waals surface area contributed by atoms with Crippen molar-refractivity contribution in [2.75, 3.05) is 0 Å². The van der Waals surface area contributed by atoms with Crippen LogP contribution in [0.2, 0.25) is 0 Å². The largest absolute Gasteiger partial charge is 0.324 e. The van der Waals surface area contributed by atoms with Crippen molar-refractivity contribution >= 4 is 0 Å². The van der Waals surface area contributed by atoms with Crippen LogP contribution in [0.3, 0.4) is 0 Å². The minimum Gasteiger partial charge on any atom is -0.324 e. The molecule has 0 spiro atoms. The lowest BCUT2D eigenvalue weighted by molar-refractivity contribution is 0.555. The van der Waals surface area contributed by atoms with Gasteiger partial charge in [-0.05, 0) is 42.3 Å². The Morgan fingerprint density at radius 1 is 0.842 bits per heavy atom. The molecule has 0 aliphatic heterocycles. The molecule has 2 aromatic rings. The first kappa shape index (κ1) is 13.5. The molecule has 0 bridgehead atoms. The summed E-state index contributed by atoms with van der Waals surface area (Å²) >= 11 is 0. The lowest BCUT2D eigenvalue weighted by Gasteiger charge is -2.13. The van der Waals surface area contributed by atoms with Gasteiger partial charge in [0.15, 0.2) is 0 Å². The number of nitrogens with two attached hydrogens (primary N) is 1. The number of hydrogen-bond donors (Lipinski definition) is 1. The van der Waals surface area contributed by atoms with Gasteiger partial charge < -0.3 is 5.73 Å². The first-order chi connectivity index (χ1) is 8.95. The predicted molar refractivity (Wildman–Crippen MR) is 63.3 cm³/mol. The van der Waals surface area contributed by atoms with Crippen LogP contribution in [-0.4, -0.2) is 0 Å². The third-order valence-electron chi connectivity index (χ3n) is 2.74. The van der Waals surface area contributed by atoms with Crippen molar-refractivity contribution in [2.45, 2.75) is 12.5 Å². The summed E-state index contributed by atoms with van der Waals surface area (Å²) in [6.07, 6.45) is 0.00898. The average Bonchev–Trinajstić information content (AvgIpc) is 2.30. The Kier molecular flexibility index (Phi) is 3.85. The summed E-state index contributed by atoms with van der Waals surface area (Å²) in [4.78, 5) is 0. The SMILES string of the molecule is NC(Cc1cc(F)cc(F)c1)c1cc(F)ccc1F. The first-order valence-corrected chi connectivity index (χ1v) is 5.61. The number of halogens is 4. The van der Waals surface area contributed by atoms with E-state index in [1.165, 1.54) is 0 Å². The van der Waals surface area contributed by atoms with Crippen LogP contribution in [0.25, 0.3) is 0 Å². The molecule has 0 aliphatic rings. The summed E-state index contributed by atoms with van der Waals surface area (Å²) in [5.74, 6) is -2.73. The monoisotopic (exact) mass is 269 g/mol. The fourth-order valence-corrected chi connectivity index (χ4v) is 1.89. The highest BCUT2D eigenvalue weighted by atomic mass is 19.1. The maximum Gasteiger partial charge on any atom is 0.128 e. The molecule has 19 heavy (non-hydrogen) atoms. The molecule has 2 rings (SSSR count). The van der Waals surface area contributed by atoms with E-state index in [2.05, 4.69) is 0 Å². The van der Waals surface area contributed by atoms with Gasteiger partial charge in [0.1, 0.15) is 23.3 Å². The molecule has 0 saturated carbocycles. The Morgan fingerprint density at radius 3 is 2.11 bits per heavy atom. The molecule has 2 aromatic carbocycles. The third kappa shape index (κ3) is 3.32. The fraction of sp³-hybridized carbons (Fsp3) is 0.143. The first-order valence-electron chi connectivity index (χ1n) is 5.61. The van der Waals surface area contributed by atoms with Crippen molar-refractivity contribution < 1.29 is 17.6 Å². The van der Waals surface area contributed by atoms with Crippen LogP contribution in [0.4, 0.5) is 17.6 Å². The molecule has 5 heteroatoms. The standard InChI is InChI=1S/C14H11F4N/c15-9-1-2-13(18)12(7-9)14(19)5-8-3-10(16)6-11(17)4-8/h1-4,6-7,14H,5,19H2. The van der Waals surface area contributed by atoms with Crippen LogP contribution in [-0.2, 0) is 6.42 Å². The van der Waals surface area contributed by atoms with Crippen LogP contribution in [0, 0.1) is 23.3 Å². The van der Waals surface area contributed by atoms with Crippen LogP contribution in [0.15, 0.2) is 36.4 Å². The van der Waals surface area contributed by atoms with Gasteiger partial charge in [0.25, 0.3) is 0 Å². The molecule has 0 heterocycles. The summed E-state index contributed by atoms with van der Waals surface area (Å²) in [5.41, 5.74) is 6.01. The lowest BCUT2D eigenvalue weighted by Crippen LogP contribution is -2.15. The highest BCUT2D eigenvalue weighted by Gasteiger charge is 2.14. The van der Waals surface area contributed by atoms with Gasteiger partial charge in [-0.1, -0.05) is 0 Å². The van der Waals surface area contributed by atoms with Crippen molar-refractivity contribution in [3.05, 3.63) is 70.8 Å². The summed E-state index contributed by atoms with van der Waals surface area (Å²) in [5, 5.41) is 0. The molecule has 0 aromatic heterocycles. The Balaban J connectivity index is 2.25. The maximum atomic E-state index is 13.5. The zero-order chi connectivity index (χ0) is 14.0. The minimum absolute atomic E-state index is 0.00898. The molecule has 1 unspecified atom stereocenters. The molecule has 2 N–H and O–H groups in total. The van der Waals surface area contributed by atoms with E-state index in [1.54, 1.807) is 0 Å². The quantitative estimate of drug-likeness (QED) is 0.848. The Labute approximate surface area is 107 Å². The van der Waals surface area contributed by atoms with Crippen molar-refractivity contribution in [1.82, 2.24) is 0 Å². The van der Waals surface area contributed by atoms with Gasteiger partial charge in [0.2, 0.25) is 0 Å². The van der Waals surface area contributed by atoms with Gasteiger partial charge >= 0.3 is 0 Å². The van der Waals surface area contributed by atoms with E-state index in [4.69, 9.17) is 5.73 Å². The average molecular weight is 269 g/mol. The number of benzene rings is 2. The van der Waals surface area contributed by atoms with E-state index >= 15 is 0 Å². The zero-order valence-corrected chi connectivity index (χ0v) is 9.84. The van der Waals surface area contributed by atoms with Gasteiger partial charge in [0, 0.05) is 17.7 Å². The summed E-state index contributed by atoms with van der Waals surface area (Å²) < 4.78 is 52.5. The van der Waals surface area contributed by atoms with Gasteiger partial charge in [-0.3, -0.25) is 0 Å². The molecule has 100 valence electrons. The smallest absolute Gasteiger partial charge is 0.128 e. The maximum absolute atomic E-state index is 13.5. The molecule has 0 aliphatic carbocycles. The van der Waals surface area contributed by atoms with Crippen molar-refractivity contribution in [2.24, 2.45) is 5.73 Å². The summed E-state index contributed by atoms with van der Waals surface area (Å²) in [7, 11) is 0. The molecule has 0 radical (unpaired) electrons. The second-order valence-electron chi connectivity index (χ2n) is 4.25. The Hall–Kier alpha value is -1.88. The van der Waals surface area contributed by atoms with Crippen molar-refractivity contribution in [1.29, 1.82) is 0 Å². The number of rotatable bonds is 3. The third-order valence-corrected chi connectivity index (χ3v) is 2.74. The minimum atomic E-state index is -0.878. The molecular formula is C14H11F4N. The van der Waals surface area contributed by atoms with E-state index in [9.17, 15) is 17.6 Å². The van der Waals surface area contributed by atoms with Gasteiger partial charge in [0.05, 0.1) is 0 Å². The van der Waals surface area contributed by atoms with E-state index in [0.29, 0.717) is 0 Å². The van der Waals surface area contributed by atoms with E-state index < -0.39 is 29.3 Å². The molecule has 0 fully saturated rings. The molecule has 1 nitrogen and oxygen atoms in total. The fourth-order valence-electron chi connectivity index (χ4n) is 1.89. The second kappa shape index (κ2) is 5.40. The summed E-state index contributed by atoms with van der Waals surface area (Å²) in [6.45, 7) is 0. The molecule has 1 atom stereocenters. The van der Waals surface area contributed by atoms with Gasteiger partial charge in [-0.15, -0.1) is 0 Å². The van der Waals surface area contributed by atoms with Crippen LogP contribution >= 0.6 is 0 Å². The van der Waals surface area contributed by atoms with Crippen LogP contribution < -0.4 is 5.73 Å². The van der Waals surface area contributed by atoms with Crippen LogP contribution in [0.1, 0.15) is 17.2 Å². The zero-order valence-electron chi connectivity index (χ0n) is 9.84. The second-order valence-corrected chi connectivity index (χ2v) is 4.25. The van der Waals surface area contributed by atoms with Gasteiger partial charge in [-0.25, -0.2) is 17.6 Å². The Morgan fingerprint density at radius 2 is 1.47 bits per heavy atom. The summed E-state index contributed by atoms with van der Waals surface area (Å²) in [6, 6.07) is 5.01. The van der Waals surface area contributed by atoms with Crippen molar-refractivity contribution in [3.8, 4) is 0 Å². The van der Waals surface area contributed by atoms with E-state index in [1.807, 2.05) is 0 Å². The topological polar surface area (TPSA) is 26.0 Å². The predicted octanol–water partition coefficient (Wildman–Crippen LogP) is 3.49. The molecule has 0 saturated heterocycles. The molecule has 0 amide bonds. The van der Waals surface area contributed by atoms with Gasteiger partial charge in [-0.2, -0.15) is 0 Å². The van der Waals surface area contributed by atoms with Crippen LogP contribution in [0.5, 0.6) is 0 Å². The van der Waals surface area contributed by atoms with E-state index in [-0.39, 0.29) is 17.5 Å². The molecular weight excluding hydrogens is 258 g/mol.